The van der Waals surface area contributed by atoms with Crippen LogP contribution in [0, 0.1) is 5.92 Å². The highest BCUT2D eigenvalue weighted by Gasteiger charge is 2.36. The quantitative estimate of drug-likeness (QED) is 0.733. The van der Waals surface area contributed by atoms with Gasteiger partial charge in [-0.3, -0.25) is 0 Å². The van der Waals surface area contributed by atoms with Crippen molar-refractivity contribution in [2.45, 2.75) is 55.5 Å². The Morgan fingerprint density at radius 2 is 1.76 bits per heavy atom. The Balaban J connectivity index is 2.04. The molecule has 3 nitrogen and oxygen atoms in total. The summed E-state index contributed by atoms with van der Waals surface area (Å²) in [4.78, 5) is 0.314. The van der Waals surface area contributed by atoms with E-state index in [1.54, 1.807) is 4.31 Å². The fourth-order valence-electron chi connectivity index (χ4n) is 2.80. The maximum atomic E-state index is 12.5. The van der Waals surface area contributed by atoms with E-state index < -0.39 is 10.0 Å². The molecule has 2 rings (SSSR count). The van der Waals surface area contributed by atoms with Gasteiger partial charge in [-0.05, 0) is 25.2 Å². The largest absolute Gasteiger partial charge is 0.217 e. The van der Waals surface area contributed by atoms with Crippen LogP contribution in [0.2, 0.25) is 0 Å². The Kier molecular flexibility index (Phi) is 4.53. The summed E-state index contributed by atoms with van der Waals surface area (Å²) in [6, 6.07) is 0. The van der Waals surface area contributed by atoms with Crippen LogP contribution in [-0.4, -0.2) is 35.9 Å². The van der Waals surface area contributed by atoms with Crippen LogP contribution in [-0.2, 0) is 10.0 Å². The Hall–Kier alpha value is 0.390. The zero-order valence-electron chi connectivity index (χ0n) is 10.4. The predicted molar refractivity (Wildman–Crippen MR) is 73.9 cm³/mol. The number of halogens is 1. The molecular weight excluding hydrogens is 302 g/mol. The van der Waals surface area contributed by atoms with Gasteiger partial charge >= 0.3 is 0 Å². The summed E-state index contributed by atoms with van der Waals surface area (Å²) in [5.74, 6) is 0.577. The van der Waals surface area contributed by atoms with E-state index in [-0.39, 0.29) is 5.25 Å². The molecule has 1 saturated carbocycles. The number of alkyl halides is 1. The Labute approximate surface area is 113 Å². The highest BCUT2D eigenvalue weighted by Crippen LogP contribution is 2.30. The van der Waals surface area contributed by atoms with E-state index in [2.05, 4.69) is 22.9 Å². The van der Waals surface area contributed by atoms with Crippen molar-refractivity contribution in [1.29, 1.82) is 0 Å². The first-order chi connectivity index (χ1) is 8.01. The third-order valence-electron chi connectivity index (χ3n) is 4.16. The Bertz CT molecular complexity index is 352. The van der Waals surface area contributed by atoms with E-state index in [9.17, 15) is 8.42 Å². The number of sulfonamides is 1. The molecule has 0 spiro atoms. The van der Waals surface area contributed by atoms with Gasteiger partial charge in [-0.1, -0.05) is 42.1 Å². The van der Waals surface area contributed by atoms with Crippen LogP contribution in [0.4, 0.5) is 0 Å². The summed E-state index contributed by atoms with van der Waals surface area (Å²) in [5.41, 5.74) is 0. The van der Waals surface area contributed by atoms with Crippen molar-refractivity contribution in [3.8, 4) is 0 Å². The summed E-state index contributed by atoms with van der Waals surface area (Å²) < 4.78 is 26.7. The van der Waals surface area contributed by atoms with Crippen LogP contribution in [0.15, 0.2) is 0 Å². The third kappa shape index (κ3) is 3.04. The molecule has 1 aliphatic carbocycles. The lowest BCUT2D eigenvalue weighted by atomic mass is 10.0. The maximum Gasteiger partial charge on any atom is 0.217 e. The Morgan fingerprint density at radius 1 is 1.12 bits per heavy atom. The molecule has 1 saturated heterocycles. The topological polar surface area (TPSA) is 37.4 Å². The number of hydrogen-bond donors (Lipinski definition) is 0. The lowest BCUT2D eigenvalue weighted by Gasteiger charge is -2.36. The van der Waals surface area contributed by atoms with E-state index in [4.69, 9.17) is 0 Å². The minimum Gasteiger partial charge on any atom is -0.212 e. The molecule has 0 aromatic rings. The summed E-state index contributed by atoms with van der Waals surface area (Å²) >= 11 is 3.60. The second-order valence-corrected chi connectivity index (χ2v) is 8.83. The number of hydrogen-bond acceptors (Lipinski definition) is 2. The summed E-state index contributed by atoms with van der Waals surface area (Å²) in [5, 5.41) is -0.107. The second kappa shape index (κ2) is 5.57. The number of rotatable bonds is 2. The molecular formula is C12H22BrNO2S. The molecule has 0 radical (unpaired) electrons. The van der Waals surface area contributed by atoms with Crippen molar-refractivity contribution in [3.63, 3.8) is 0 Å². The normalized spacial score (nSPS) is 33.8. The van der Waals surface area contributed by atoms with Gasteiger partial charge in [-0.25, -0.2) is 12.7 Å². The summed E-state index contributed by atoms with van der Waals surface area (Å²) in [6.45, 7) is 3.55. The molecule has 2 aliphatic rings. The van der Waals surface area contributed by atoms with Gasteiger partial charge in [-0.2, -0.15) is 0 Å². The highest BCUT2D eigenvalue weighted by atomic mass is 79.9. The monoisotopic (exact) mass is 323 g/mol. The molecule has 1 aliphatic heterocycles. The lowest BCUT2D eigenvalue weighted by Crippen LogP contribution is -2.47. The van der Waals surface area contributed by atoms with E-state index >= 15 is 0 Å². The fraction of sp³-hybridized carbons (Fsp3) is 1.00. The molecule has 2 unspecified atom stereocenters. The van der Waals surface area contributed by atoms with Gasteiger partial charge in [0.05, 0.1) is 5.25 Å². The van der Waals surface area contributed by atoms with Gasteiger partial charge in [0, 0.05) is 17.9 Å². The van der Waals surface area contributed by atoms with Crippen molar-refractivity contribution in [2.24, 2.45) is 5.92 Å². The van der Waals surface area contributed by atoms with Crippen LogP contribution in [0.25, 0.3) is 0 Å². The smallest absolute Gasteiger partial charge is 0.212 e. The minimum atomic E-state index is -3.04. The van der Waals surface area contributed by atoms with Crippen LogP contribution in [0.3, 0.4) is 0 Å². The second-order valence-electron chi connectivity index (χ2n) is 5.44. The van der Waals surface area contributed by atoms with Gasteiger partial charge in [-0.15, -0.1) is 0 Å². The van der Waals surface area contributed by atoms with Crippen molar-refractivity contribution in [1.82, 2.24) is 4.31 Å². The maximum absolute atomic E-state index is 12.5. The molecule has 0 N–H and O–H groups in total. The van der Waals surface area contributed by atoms with Gasteiger partial charge in [0.2, 0.25) is 10.0 Å². The molecule has 2 fully saturated rings. The zero-order chi connectivity index (χ0) is 12.5. The van der Waals surface area contributed by atoms with Gasteiger partial charge in [0.1, 0.15) is 0 Å². The standard InChI is InChI=1S/C12H22BrNO2S/c1-10-7-8-14(9-12(10)13)17(15,16)11-5-3-2-4-6-11/h10-12H,2-9H2,1H3. The molecule has 0 aromatic heterocycles. The first-order valence-electron chi connectivity index (χ1n) is 6.65. The average molecular weight is 324 g/mol. The van der Waals surface area contributed by atoms with Gasteiger partial charge < -0.3 is 0 Å². The van der Waals surface area contributed by atoms with Crippen LogP contribution < -0.4 is 0 Å². The van der Waals surface area contributed by atoms with E-state index in [1.165, 1.54) is 6.42 Å². The predicted octanol–water partition coefficient (Wildman–Crippen LogP) is 2.75. The molecule has 1 heterocycles. The Morgan fingerprint density at radius 3 is 2.35 bits per heavy atom. The first-order valence-corrected chi connectivity index (χ1v) is 9.06. The molecule has 2 atom stereocenters. The minimum absolute atomic E-state index is 0.107. The highest BCUT2D eigenvalue weighted by molar-refractivity contribution is 9.09. The number of nitrogens with zero attached hydrogens (tertiary/aromatic N) is 1. The van der Waals surface area contributed by atoms with Gasteiger partial charge in [0.15, 0.2) is 0 Å². The molecule has 5 heteroatoms. The van der Waals surface area contributed by atoms with Crippen LogP contribution >= 0.6 is 15.9 Å². The lowest BCUT2D eigenvalue weighted by molar-refractivity contribution is 0.293. The fourth-order valence-corrected chi connectivity index (χ4v) is 5.68. The molecule has 0 aromatic carbocycles. The first kappa shape index (κ1) is 13.8. The number of piperidine rings is 1. The summed E-state index contributed by atoms with van der Waals surface area (Å²) in [6.07, 6.45) is 6.05. The molecule has 0 amide bonds. The zero-order valence-corrected chi connectivity index (χ0v) is 12.8. The van der Waals surface area contributed by atoms with Crippen LogP contribution in [0.1, 0.15) is 45.4 Å². The van der Waals surface area contributed by atoms with E-state index in [0.29, 0.717) is 23.8 Å². The SMILES string of the molecule is CC1CCN(S(=O)(=O)C2CCCCC2)CC1Br. The molecule has 0 bridgehead atoms. The molecule has 17 heavy (non-hydrogen) atoms. The van der Waals surface area contributed by atoms with Crippen molar-refractivity contribution in [3.05, 3.63) is 0 Å². The van der Waals surface area contributed by atoms with Gasteiger partial charge in [0.25, 0.3) is 0 Å². The molecule has 100 valence electrons. The third-order valence-corrected chi connectivity index (χ3v) is 7.72. The van der Waals surface area contributed by atoms with E-state index in [1.807, 2.05) is 0 Å². The summed E-state index contributed by atoms with van der Waals surface area (Å²) in [7, 11) is -3.04. The van der Waals surface area contributed by atoms with E-state index in [0.717, 1.165) is 32.1 Å². The van der Waals surface area contributed by atoms with Crippen LogP contribution in [0.5, 0.6) is 0 Å². The van der Waals surface area contributed by atoms with Crippen molar-refractivity contribution < 1.29 is 8.42 Å². The average Bonchev–Trinajstić information content (AvgIpc) is 2.33. The van der Waals surface area contributed by atoms with Crippen molar-refractivity contribution in [2.75, 3.05) is 13.1 Å². The van der Waals surface area contributed by atoms with Crippen molar-refractivity contribution >= 4 is 26.0 Å².